The highest BCUT2D eigenvalue weighted by molar-refractivity contribution is 5.07. The second kappa shape index (κ2) is 6.88. The van der Waals surface area contributed by atoms with Gasteiger partial charge in [-0.3, -0.25) is 4.68 Å². The van der Waals surface area contributed by atoms with Gasteiger partial charge >= 0.3 is 0 Å². The summed E-state index contributed by atoms with van der Waals surface area (Å²) in [6.45, 7) is 5.29. The van der Waals surface area contributed by atoms with E-state index < -0.39 is 0 Å². The molecule has 4 heteroatoms. The van der Waals surface area contributed by atoms with Gasteiger partial charge in [-0.15, -0.1) is 0 Å². The summed E-state index contributed by atoms with van der Waals surface area (Å²) >= 11 is 0. The molecule has 0 aromatic carbocycles. The maximum absolute atomic E-state index is 9.67. The van der Waals surface area contributed by atoms with Crippen LogP contribution >= 0.6 is 0 Å². The molecule has 0 N–H and O–H groups in total. The fraction of sp³-hybridized carbons (Fsp3) is 0.812. The van der Waals surface area contributed by atoms with Gasteiger partial charge in [0, 0.05) is 13.0 Å². The zero-order valence-corrected chi connectivity index (χ0v) is 12.8. The number of nitrogens with zero attached hydrogens (tertiary/aromatic N) is 4. The van der Waals surface area contributed by atoms with Crippen LogP contribution in [-0.4, -0.2) is 14.8 Å². The summed E-state index contributed by atoms with van der Waals surface area (Å²) in [5.74, 6) is 1.82. The third-order valence-corrected chi connectivity index (χ3v) is 4.62. The Kier molecular flexibility index (Phi) is 5.17. The van der Waals surface area contributed by atoms with E-state index in [1.54, 1.807) is 6.33 Å². The monoisotopic (exact) mass is 274 g/mol. The van der Waals surface area contributed by atoms with E-state index in [-0.39, 0.29) is 5.41 Å². The quantitative estimate of drug-likeness (QED) is 0.794. The molecule has 0 amide bonds. The van der Waals surface area contributed by atoms with Crippen LogP contribution in [0.1, 0.15) is 64.6 Å². The summed E-state index contributed by atoms with van der Waals surface area (Å²) < 4.78 is 1.97. The Labute approximate surface area is 122 Å². The average Bonchev–Trinajstić information content (AvgIpc) is 2.89. The van der Waals surface area contributed by atoms with Gasteiger partial charge in [0.05, 0.1) is 11.5 Å². The van der Waals surface area contributed by atoms with Gasteiger partial charge in [-0.25, -0.2) is 4.98 Å². The van der Waals surface area contributed by atoms with Crippen LogP contribution in [0.5, 0.6) is 0 Å². The molecule has 0 aliphatic heterocycles. The minimum atomic E-state index is -0.206. The highest BCUT2D eigenvalue weighted by Gasteiger charge is 2.36. The molecular formula is C16H26N4. The number of aryl methyl sites for hydroxylation is 1. The highest BCUT2D eigenvalue weighted by atomic mass is 15.3. The van der Waals surface area contributed by atoms with Gasteiger partial charge in [0.15, 0.2) is 0 Å². The van der Waals surface area contributed by atoms with Crippen LogP contribution in [0.2, 0.25) is 0 Å². The molecule has 2 rings (SSSR count). The fourth-order valence-electron chi connectivity index (χ4n) is 3.38. The largest absolute Gasteiger partial charge is 0.250 e. The smallest absolute Gasteiger partial charge is 0.138 e. The molecule has 1 fully saturated rings. The molecule has 1 aromatic heterocycles. The minimum absolute atomic E-state index is 0.206. The Morgan fingerprint density at radius 1 is 1.35 bits per heavy atom. The van der Waals surface area contributed by atoms with Crippen LogP contribution in [0.3, 0.4) is 0 Å². The van der Waals surface area contributed by atoms with Gasteiger partial charge in [-0.05, 0) is 38.0 Å². The van der Waals surface area contributed by atoms with Crippen molar-refractivity contribution in [3.05, 3.63) is 12.2 Å². The van der Waals surface area contributed by atoms with E-state index in [4.69, 9.17) is 0 Å². The van der Waals surface area contributed by atoms with Gasteiger partial charge in [-0.2, -0.15) is 10.4 Å². The molecule has 0 unspecified atom stereocenters. The fourth-order valence-corrected chi connectivity index (χ4v) is 3.38. The van der Waals surface area contributed by atoms with Crippen molar-refractivity contribution in [1.29, 1.82) is 5.26 Å². The molecule has 1 heterocycles. The van der Waals surface area contributed by atoms with E-state index in [1.165, 1.54) is 25.7 Å². The zero-order chi connectivity index (χ0) is 14.4. The van der Waals surface area contributed by atoms with Crippen LogP contribution in [-0.2, 0) is 13.0 Å². The summed E-state index contributed by atoms with van der Waals surface area (Å²) in [7, 11) is 0. The summed E-state index contributed by atoms with van der Waals surface area (Å²) in [5.41, 5.74) is -0.206. The lowest BCUT2D eigenvalue weighted by atomic mass is 9.68. The number of nitriles is 1. The summed E-state index contributed by atoms with van der Waals surface area (Å²) in [6, 6.07) is 2.61. The maximum Gasteiger partial charge on any atom is 0.138 e. The van der Waals surface area contributed by atoms with Crippen LogP contribution in [0.15, 0.2) is 6.33 Å². The molecule has 20 heavy (non-hydrogen) atoms. The SMILES string of the molecule is CCCC1CCC(C#N)(Cc2ncnn2CCC)CC1. The molecule has 110 valence electrons. The Hall–Kier alpha value is -1.37. The van der Waals surface area contributed by atoms with Crippen molar-refractivity contribution in [2.45, 2.75) is 71.8 Å². The zero-order valence-electron chi connectivity index (χ0n) is 12.8. The average molecular weight is 274 g/mol. The second-order valence-electron chi connectivity index (χ2n) is 6.20. The minimum Gasteiger partial charge on any atom is -0.250 e. The first-order valence-corrected chi connectivity index (χ1v) is 8.01. The van der Waals surface area contributed by atoms with Crippen molar-refractivity contribution in [2.75, 3.05) is 0 Å². The van der Waals surface area contributed by atoms with Crippen molar-refractivity contribution in [1.82, 2.24) is 14.8 Å². The predicted molar refractivity (Wildman–Crippen MR) is 78.9 cm³/mol. The molecule has 4 nitrogen and oxygen atoms in total. The molecule has 1 saturated carbocycles. The van der Waals surface area contributed by atoms with Crippen LogP contribution in [0.4, 0.5) is 0 Å². The number of aromatic nitrogens is 3. The molecule has 0 atom stereocenters. The van der Waals surface area contributed by atoms with Crippen molar-refractivity contribution >= 4 is 0 Å². The van der Waals surface area contributed by atoms with Gasteiger partial charge in [0.1, 0.15) is 12.2 Å². The van der Waals surface area contributed by atoms with E-state index in [2.05, 4.69) is 30.0 Å². The van der Waals surface area contributed by atoms with Crippen LogP contribution in [0, 0.1) is 22.7 Å². The van der Waals surface area contributed by atoms with Crippen LogP contribution < -0.4 is 0 Å². The lowest BCUT2D eigenvalue weighted by Crippen LogP contribution is -2.29. The van der Waals surface area contributed by atoms with Crippen LogP contribution in [0.25, 0.3) is 0 Å². The van der Waals surface area contributed by atoms with E-state index in [0.29, 0.717) is 0 Å². The first-order valence-electron chi connectivity index (χ1n) is 8.01. The Bertz CT molecular complexity index is 449. The number of hydrogen-bond donors (Lipinski definition) is 0. The molecule has 0 saturated heterocycles. The number of rotatable bonds is 6. The lowest BCUT2D eigenvalue weighted by molar-refractivity contribution is 0.196. The van der Waals surface area contributed by atoms with Gasteiger partial charge in [-0.1, -0.05) is 26.7 Å². The Balaban J connectivity index is 2.02. The summed E-state index contributed by atoms with van der Waals surface area (Å²) in [4.78, 5) is 4.38. The second-order valence-corrected chi connectivity index (χ2v) is 6.20. The topological polar surface area (TPSA) is 54.5 Å². The van der Waals surface area contributed by atoms with E-state index in [1.807, 2.05) is 4.68 Å². The Morgan fingerprint density at radius 3 is 2.70 bits per heavy atom. The standard InChI is InChI=1S/C16H26N4/c1-3-5-14-6-8-16(12-17,9-7-14)11-15-18-13-19-20(15)10-4-2/h13-14H,3-11H2,1-2H3. The maximum atomic E-state index is 9.67. The molecule has 1 aromatic rings. The van der Waals surface area contributed by atoms with Crippen molar-refractivity contribution in [3.63, 3.8) is 0 Å². The molecule has 0 bridgehead atoms. The van der Waals surface area contributed by atoms with E-state index >= 15 is 0 Å². The van der Waals surface area contributed by atoms with Crippen molar-refractivity contribution < 1.29 is 0 Å². The van der Waals surface area contributed by atoms with E-state index in [0.717, 1.165) is 44.0 Å². The molecule has 0 radical (unpaired) electrons. The molecule has 1 aliphatic rings. The van der Waals surface area contributed by atoms with Crippen molar-refractivity contribution in [2.24, 2.45) is 11.3 Å². The third-order valence-electron chi connectivity index (χ3n) is 4.62. The lowest BCUT2D eigenvalue weighted by Gasteiger charge is -2.34. The molecular weight excluding hydrogens is 248 g/mol. The van der Waals surface area contributed by atoms with Crippen molar-refractivity contribution in [3.8, 4) is 6.07 Å². The van der Waals surface area contributed by atoms with Gasteiger partial charge < -0.3 is 0 Å². The Morgan fingerprint density at radius 2 is 2.10 bits per heavy atom. The first-order chi connectivity index (χ1) is 9.73. The summed E-state index contributed by atoms with van der Waals surface area (Å²) in [6.07, 6.45) is 10.4. The molecule has 0 spiro atoms. The van der Waals surface area contributed by atoms with Gasteiger partial charge in [0.25, 0.3) is 0 Å². The molecule has 1 aliphatic carbocycles. The number of hydrogen-bond acceptors (Lipinski definition) is 3. The normalized spacial score (nSPS) is 26.4. The predicted octanol–water partition coefficient (Wildman–Crippen LogP) is 3.73. The first kappa shape index (κ1) is 15.0. The van der Waals surface area contributed by atoms with Gasteiger partial charge in [0.2, 0.25) is 0 Å². The summed E-state index contributed by atoms with van der Waals surface area (Å²) in [5, 5.41) is 13.9. The van der Waals surface area contributed by atoms with E-state index in [9.17, 15) is 5.26 Å². The highest BCUT2D eigenvalue weighted by Crippen LogP contribution is 2.42. The third kappa shape index (κ3) is 3.39.